The first-order chi connectivity index (χ1) is 11.0. The molecule has 3 rings (SSSR count). The van der Waals surface area contributed by atoms with Crippen LogP contribution in [0, 0.1) is 5.92 Å². The van der Waals surface area contributed by atoms with E-state index in [9.17, 15) is 8.42 Å². The van der Waals surface area contributed by atoms with Gasteiger partial charge in [-0.25, -0.2) is 8.42 Å². The molecule has 0 radical (unpaired) electrons. The summed E-state index contributed by atoms with van der Waals surface area (Å²) >= 11 is 5.85. The highest BCUT2D eigenvalue weighted by Crippen LogP contribution is 2.28. The first kappa shape index (κ1) is 17.2. The fourth-order valence-electron chi connectivity index (χ4n) is 3.80. The van der Waals surface area contributed by atoms with Gasteiger partial charge in [0.15, 0.2) is 0 Å². The van der Waals surface area contributed by atoms with Crippen LogP contribution in [0.4, 0.5) is 0 Å². The molecule has 1 heterocycles. The topological polar surface area (TPSA) is 40.6 Å². The van der Waals surface area contributed by atoms with Gasteiger partial charge >= 0.3 is 0 Å². The van der Waals surface area contributed by atoms with Gasteiger partial charge in [0.05, 0.1) is 4.90 Å². The Bertz CT molecular complexity index is 624. The van der Waals surface area contributed by atoms with E-state index in [1.54, 1.807) is 28.6 Å². The minimum absolute atomic E-state index is 0.335. The van der Waals surface area contributed by atoms with Gasteiger partial charge in [-0.05, 0) is 43.0 Å². The smallest absolute Gasteiger partial charge is 0.243 e. The predicted octanol–water partition coefficient (Wildman–Crippen LogP) is 3.23. The van der Waals surface area contributed by atoms with E-state index in [4.69, 9.17) is 11.6 Å². The molecule has 1 aliphatic carbocycles. The van der Waals surface area contributed by atoms with Crippen molar-refractivity contribution < 1.29 is 8.42 Å². The molecule has 0 amide bonds. The minimum atomic E-state index is -3.40. The van der Waals surface area contributed by atoms with Crippen molar-refractivity contribution in [2.24, 2.45) is 5.92 Å². The number of piperazine rings is 1. The van der Waals surface area contributed by atoms with E-state index in [0.29, 0.717) is 29.0 Å². The highest BCUT2D eigenvalue weighted by molar-refractivity contribution is 7.89. The molecule has 2 atom stereocenters. The summed E-state index contributed by atoms with van der Waals surface area (Å²) in [5.41, 5.74) is 0. The van der Waals surface area contributed by atoms with Gasteiger partial charge in [-0.15, -0.1) is 0 Å². The van der Waals surface area contributed by atoms with Crippen LogP contribution >= 0.6 is 11.6 Å². The minimum Gasteiger partial charge on any atom is -0.298 e. The van der Waals surface area contributed by atoms with Gasteiger partial charge in [0.1, 0.15) is 0 Å². The molecular formula is C17H25ClN2O2S. The normalized spacial score (nSPS) is 27.9. The lowest BCUT2D eigenvalue weighted by Gasteiger charge is -2.41. The summed E-state index contributed by atoms with van der Waals surface area (Å²) in [6.07, 6.45) is 5.15. The largest absolute Gasteiger partial charge is 0.298 e. The van der Waals surface area contributed by atoms with Crippen molar-refractivity contribution >= 4 is 21.6 Å². The molecular weight excluding hydrogens is 332 g/mol. The SMILES string of the molecule is C[C@H]1CCC[C@H](N2CCN(S(=O)(=O)c3ccc(Cl)cc3)CC2)C1. The van der Waals surface area contributed by atoms with Gasteiger partial charge in [0, 0.05) is 37.2 Å². The Morgan fingerprint density at radius 1 is 1.04 bits per heavy atom. The van der Waals surface area contributed by atoms with E-state index in [1.165, 1.54) is 25.7 Å². The van der Waals surface area contributed by atoms with E-state index in [0.717, 1.165) is 19.0 Å². The lowest BCUT2D eigenvalue weighted by atomic mass is 9.86. The van der Waals surface area contributed by atoms with Crippen LogP contribution in [0.3, 0.4) is 0 Å². The maximum Gasteiger partial charge on any atom is 0.243 e. The van der Waals surface area contributed by atoms with Crippen LogP contribution in [-0.2, 0) is 10.0 Å². The summed E-state index contributed by atoms with van der Waals surface area (Å²) in [6.45, 7) is 5.16. The lowest BCUT2D eigenvalue weighted by molar-refractivity contribution is 0.0967. The third kappa shape index (κ3) is 3.90. The van der Waals surface area contributed by atoms with E-state index >= 15 is 0 Å². The molecule has 1 aliphatic heterocycles. The summed E-state index contributed by atoms with van der Waals surface area (Å²) in [5, 5.41) is 0.556. The van der Waals surface area contributed by atoms with Crippen molar-refractivity contribution in [3.8, 4) is 0 Å². The van der Waals surface area contributed by atoms with Crippen molar-refractivity contribution in [2.75, 3.05) is 26.2 Å². The molecule has 0 spiro atoms. The highest BCUT2D eigenvalue weighted by Gasteiger charge is 2.32. The van der Waals surface area contributed by atoms with Gasteiger partial charge in [0.2, 0.25) is 10.0 Å². The molecule has 0 unspecified atom stereocenters. The van der Waals surface area contributed by atoms with Crippen molar-refractivity contribution in [3.05, 3.63) is 29.3 Å². The second kappa shape index (κ2) is 7.09. The van der Waals surface area contributed by atoms with E-state index in [2.05, 4.69) is 11.8 Å². The molecule has 4 nitrogen and oxygen atoms in total. The fraction of sp³-hybridized carbons (Fsp3) is 0.647. The standard InChI is InChI=1S/C17H25ClN2O2S/c1-14-3-2-4-16(13-14)19-9-11-20(12-10-19)23(21,22)17-7-5-15(18)6-8-17/h5-8,14,16H,2-4,9-13H2,1H3/t14-,16-/m0/s1. The number of rotatable bonds is 3. The highest BCUT2D eigenvalue weighted by atomic mass is 35.5. The van der Waals surface area contributed by atoms with Crippen LogP contribution in [0.25, 0.3) is 0 Å². The van der Waals surface area contributed by atoms with Crippen molar-refractivity contribution in [1.29, 1.82) is 0 Å². The number of nitrogens with zero attached hydrogens (tertiary/aromatic N) is 2. The molecule has 0 N–H and O–H groups in total. The summed E-state index contributed by atoms with van der Waals surface area (Å²) in [7, 11) is -3.40. The van der Waals surface area contributed by atoms with Crippen molar-refractivity contribution in [3.63, 3.8) is 0 Å². The van der Waals surface area contributed by atoms with Crippen LogP contribution in [-0.4, -0.2) is 49.8 Å². The van der Waals surface area contributed by atoms with Crippen LogP contribution in [0.15, 0.2) is 29.2 Å². The van der Waals surface area contributed by atoms with Gasteiger partial charge in [-0.3, -0.25) is 4.90 Å². The zero-order valence-electron chi connectivity index (χ0n) is 13.6. The summed E-state index contributed by atoms with van der Waals surface area (Å²) in [6, 6.07) is 7.08. The third-order valence-corrected chi connectivity index (χ3v) is 7.31. The zero-order valence-corrected chi connectivity index (χ0v) is 15.2. The lowest BCUT2D eigenvalue weighted by Crippen LogP contribution is -2.52. The number of halogens is 1. The zero-order chi connectivity index (χ0) is 16.4. The molecule has 1 aromatic rings. The molecule has 2 aliphatic rings. The summed E-state index contributed by atoms with van der Waals surface area (Å²) in [5.74, 6) is 0.796. The van der Waals surface area contributed by atoms with Gasteiger partial charge in [-0.2, -0.15) is 4.31 Å². The molecule has 1 saturated carbocycles. The summed E-state index contributed by atoms with van der Waals surface area (Å²) < 4.78 is 27.0. The first-order valence-corrected chi connectivity index (χ1v) is 10.3. The number of hydrogen-bond acceptors (Lipinski definition) is 3. The Balaban J connectivity index is 1.63. The van der Waals surface area contributed by atoms with Gasteiger partial charge in [0.25, 0.3) is 0 Å². The number of benzene rings is 1. The molecule has 0 aromatic heterocycles. The quantitative estimate of drug-likeness (QED) is 0.834. The molecule has 0 bridgehead atoms. The van der Waals surface area contributed by atoms with E-state index in [-0.39, 0.29) is 0 Å². The third-order valence-electron chi connectivity index (χ3n) is 5.15. The average Bonchev–Trinajstić information content (AvgIpc) is 2.55. The Morgan fingerprint density at radius 3 is 2.30 bits per heavy atom. The molecule has 6 heteroatoms. The van der Waals surface area contributed by atoms with Crippen molar-refractivity contribution in [2.45, 2.75) is 43.5 Å². The maximum absolute atomic E-state index is 12.7. The Morgan fingerprint density at radius 2 is 1.70 bits per heavy atom. The number of sulfonamides is 1. The van der Waals surface area contributed by atoms with Crippen LogP contribution in [0.2, 0.25) is 5.02 Å². The molecule has 23 heavy (non-hydrogen) atoms. The van der Waals surface area contributed by atoms with Crippen molar-refractivity contribution in [1.82, 2.24) is 9.21 Å². The molecule has 2 fully saturated rings. The second-order valence-electron chi connectivity index (χ2n) is 6.82. The summed E-state index contributed by atoms with van der Waals surface area (Å²) in [4.78, 5) is 2.82. The monoisotopic (exact) mass is 356 g/mol. The molecule has 1 saturated heterocycles. The number of hydrogen-bond donors (Lipinski definition) is 0. The van der Waals surface area contributed by atoms with Crippen LogP contribution in [0.5, 0.6) is 0 Å². The van der Waals surface area contributed by atoms with E-state index < -0.39 is 10.0 Å². The van der Waals surface area contributed by atoms with Crippen LogP contribution in [0.1, 0.15) is 32.6 Å². The Labute approximate surface area is 144 Å². The Kier molecular flexibility index (Phi) is 5.31. The fourth-order valence-corrected chi connectivity index (χ4v) is 5.35. The average molecular weight is 357 g/mol. The predicted molar refractivity (Wildman–Crippen MR) is 93.2 cm³/mol. The van der Waals surface area contributed by atoms with Crippen LogP contribution < -0.4 is 0 Å². The molecule has 1 aromatic carbocycles. The Hall–Kier alpha value is -0.620. The second-order valence-corrected chi connectivity index (χ2v) is 9.19. The maximum atomic E-state index is 12.7. The van der Waals surface area contributed by atoms with Gasteiger partial charge in [-0.1, -0.05) is 31.4 Å². The van der Waals surface area contributed by atoms with E-state index in [1.807, 2.05) is 0 Å². The molecule has 128 valence electrons. The van der Waals surface area contributed by atoms with Gasteiger partial charge < -0.3 is 0 Å². The first-order valence-electron chi connectivity index (χ1n) is 8.46.